The molecule has 0 heterocycles. The van der Waals surface area contributed by atoms with Crippen LogP contribution in [0.4, 0.5) is 0 Å². The summed E-state index contributed by atoms with van der Waals surface area (Å²) in [6, 6.07) is 7.59. The van der Waals surface area contributed by atoms with E-state index in [-0.39, 0.29) is 11.9 Å². The molecule has 0 aliphatic heterocycles. The summed E-state index contributed by atoms with van der Waals surface area (Å²) in [5.74, 6) is 0.0925. The summed E-state index contributed by atoms with van der Waals surface area (Å²) in [6.07, 6.45) is 1.65. The predicted molar refractivity (Wildman–Crippen MR) is 54.3 cm³/mol. The van der Waals surface area contributed by atoms with Gasteiger partial charge in [0.05, 0.1) is 0 Å². The van der Waals surface area contributed by atoms with E-state index in [4.69, 9.17) is 4.74 Å². The summed E-state index contributed by atoms with van der Waals surface area (Å²) < 4.78 is 5.32. The Morgan fingerprint density at radius 1 is 1.36 bits per heavy atom. The lowest BCUT2D eigenvalue weighted by molar-refractivity contribution is 0.0977. The number of Topliss-reactive ketones (excluding diaryl/α,β-unsaturated/α-hetero) is 1. The molecule has 0 aromatic heterocycles. The zero-order valence-electron chi connectivity index (χ0n) is 8.28. The number of ketones is 1. The predicted octanol–water partition coefficient (Wildman–Crippen LogP) is 2.52. The topological polar surface area (TPSA) is 26.3 Å². The molecule has 2 rings (SSSR count). The van der Waals surface area contributed by atoms with Crippen LogP contribution < -0.4 is 0 Å². The standard InChI is InChI=1S/C12H12O2/c1-3-8-11(13)9-6-4-5-7-10(9)12(8)14-2/h3-7,12H,1-2H3/b8-3+. The van der Waals surface area contributed by atoms with Crippen molar-refractivity contribution >= 4 is 5.78 Å². The molecule has 0 fully saturated rings. The average molecular weight is 188 g/mol. The quantitative estimate of drug-likeness (QED) is 0.633. The van der Waals surface area contributed by atoms with Crippen molar-refractivity contribution in [1.29, 1.82) is 0 Å². The molecule has 0 amide bonds. The van der Waals surface area contributed by atoms with E-state index in [1.807, 2.05) is 37.3 Å². The molecule has 0 spiro atoms. The van der Waals surface area contributed by atoms with Crippen LogP contribution in [-0.4, -0.2) is 12.9 Å². The number of allylic oxidation sites excluding steroid dienone is 1. The highest BCUT2D eigenvalue weighted by atomic mass is 16.5. The van der Waals surface area contributed by atoms with Crippen molar-refractivity contribution in [2.24, 2.45) is 0 Å². The minimum Gasteiger partial charge on any atom is -0.372 e. The van der Waals surface area contributed by atoms with Crippen LogP contribution in [0, 0.1) is 0 Å². The van der Waals surface area contributed by atoms with E-state index >= 15 is 0 Å². The van der Waals surface area contributed by atoms with Crippen molar-refractivity contribution in [2.75, 3.05) is 7.11 Å². The number of hydrogen-bond donors (Lipinski definition) is 0. The fourth-order valence-corrected chi connectivity index (χ4v) is 1.91. The minimum atomic E-state index is -0.177. The summed E-state index contributed by atoms with van der Waals surface area (Å²) in [7, 11) is 1.63. The Morgan fingerprint density at radius 2 is 2.07 bits per heavy atom. The molecule has 1 aliphatic rings. The smallest absolute Gasteiger partial charge is 0.192 e. The number of carbonyl (C=O) groups excluding carboxylic acids is 1. The maximum absolute atomic E-state index is 11.8. The van der Waals surface area contributed by atoms with Crippen LogP contribution in [-0.2, 0) is 4.74 Å². The Labute approximate surface area is 83.2 Å². The molecule has 0 saturated heterocycles. The number of fused-ring (bicyclic) bond motifs is 1. The number of rotatable bonds is 1. The Kier molecular flexibility index (Phi) is 2.22. The third kappa shape index (κ3) is 1.11. The second-order valence-electron chi connectivity index (χ2n) is 3.28. The van der Waals surface area contributed by atoms with Crippen molar-refractivity contribution in [3.63, 3.8) is 0 Å². The van der Waals surface area contributed by atoms with Crippen molar-refractivity contribution in [1.82, 2.24) is 0 Å². The van der Waals surface area contributed by atoms with Crippen molar-refractivity contribution in [2.45, 2.75) is 13.0 Å². The number of carbonyl (C=O) groups is 1. The van der Waals surface area contributed by atoms with Crippen LogP contribution in [0.2, 0.25) is 0 Å². The Bertz CT molecular complexity index is 405. The lowest BCUT2D eigenvalue weighted by Gasteiger charge is -2.09. The summed E-state index contributed by atoms with van der Waals surface area (Å²) in [4.78, 5) is 11.8. The number of hydrogen-bond acceptors (Lipinski definition) is 2. The molecule has 0 saturated carbocycles. The first-order valence-electron chi connectivity index (χ1n) is 4.62. The van der Waals surface area contributed by atoms with Crippen molar-refractivity contribution < 1.29 is 9.53 Å². The van der Waals surface area contributed by atoms with Crippen molar-refractivity contribution in [3.05, 3.63) is 47.0 Å². The highest BCUT2D eigenvalue weighted by molar-refractivity contribution is 6.13. The summed E-state index contributed by atoms with van der Waals surface area (Å²) in [5.41, 5.74) is 2.49. The van der Waals surface area contributed by atoms with Gasteiger partial charge in [-0.1, -0.05) is 30.3 Å². The van der Waals surface area contributed by atoms with Crippen LogP contribution in [0.3, 0.4) is 0 Å². The van der Waals surface area contributed by atoms with E-state index in [2.05, 4.69) is 0 Å². The molecule has 1 unspecified atom stereocenters. The van der Waals surface area contributed by atoms with Gasteiger partial charge in [0.25, 0.3) is 0 Å². The summed E-state index contributed by atoms with van der Waals surface area (Å²) >= 11 is 0. The Morgan fingerprint density at radius 3 is 2.71 bits per heavy atom. The third-order valence-corrected chi connectivity index (χ3v) is 2.58. The molecule has 0 bridgehead atoms. The van der Waals surface area contributed by atoms with Gasteiger partial charge < -0.3 is 4.74 Å². The number of methoxy groups -OCH3 is 1. The Balaban J connectivity index is 2.60. The molecule has 72 valence electrons. The van der Waals surface area contributed by atoms with Gasteiger partial charge in [-0.15, -0.1) is 0 Å². The largest absolute Gasteiger partial charge is 0.372 e. The molecule has 2 nitrogen and oxygen atoms in total. The molecule has 1 aromatic carbocycles. The van der Waals surface area contributed by atoms with E-state index in [0.29, 0.717) is 0 Å². The average Bonchev–Trinajstić information content (AvgIpc) is 2.51. The second kappa shape index (κ2) is 3.39. The first-order valence-corrected chi connectivity index (χ1v) is 4.62. The maximum atomic E-state index is 11.8. The van der Waals surface area contributed by atoms with E-state index in [1.165, 1.54) is 0 Å². The molecule has 1 atom stereocenters. The van der Waals surface area contributed by atoms with Gasteiger partial charge >= 0.3 is 0 Å². The SMILES string of the molecule is C/C=C1\C(=O)c2ccccc2C1OC. The number of ether oxygens (including phenoxy) is 1. The molecule has 1 aliphatic carbocycles. The fourth-order valence-electron chi connectivity index (χ4n) is 1.91. The number of benzene rings is 1. The van der Waals surface area contributed by atoms with Gasteiger partial charge in [-0.25, -0.2) is 0 Å². The maximum Gasteiger partial charge on any atom is 0.192 e. The van der Waals surface area contributed by atoms with Crippen LogP contribution in [0.1, 0.15) is 28.9 Å². The van der Waals surface area contributed by atoms with Crippen LogP contribution >= 0.6 is 0 Å². The van der Waals surface area contributed by atoms with Crippen molar-refractivity contribution in [3.8, 4) is 0 Å². The summed E-state index contributed by atoms with van der Waals surface area (Å²) in [5, 5.41) is 0. The molecular weight excluding hydrogens is 176 g/mol. The van der Waals surface area contributed by atoms with E-state index in [0.717, 1.165) is 16.7 Å². The Hall–Kier alpha value is -1.41. The molecule has 2 heteroatoms. The van der Waals surface area contributed by atoms with Gasteiger partial charge in [-0.2, -0.15) is 0 Å². The van der Waals surface area contributed by atoms with E-state index in [1.54, 1.807) is 7.11 Å². The lowest BCUT2D eigenvalue weighted by atomic mass is 10.1. The van der Waals surface area contributed by atoms with Gasteiger partial charge in [0, 0.05) is 18.2 Å². The van der Waals surface area contributed by atoms with Gasteiger partial charge in [-0.05, 0) is 12.5 Å². The normalized spacial score (nSPS) is 22.9. The fraction of sp³-hybridized carbons (Fsp3) is 0.250. The van der Waals surface area contributed by atoms with Crippen LogP contribution in [0.15, 0.2) is 35.9 Å². The van der Waals surface area contributed by atoms with Gasteiger partial charge in [-0.3, -0.25) is 4.79 Å². The van der Waals surface area contributed by atoms with Crippen LogP contribution in [0.25, 0.3) is 0 Å². The molecule has 0 radical (unpaired) electrons. The zero-order chi connectivity index (χ0) is 10.1. The molecular formula is C12H12O2. The molecule has 0 N–H and O–H groups in total. The molecule has 14 heavy (non-hydrogen) atoms. The van der Waals surface area contributed by atoms with E-state index in [9.17, 15) is 4.79 Å². The zero-order valence-corrected chi connectivity index (χ0v) is 8.28. The molecule has 1 aromatic rings. The van der Waals surface area contributed by atoms with Gasteiger partial charge in [0.2, 0.25) is 0 Å². The van der Waals surface area contributed by atoms with Gasteiger partial charge in [0.15, 0.2) is 5.78 Å². The lowest BCUT2D eigenvalue weighted by Crippen LogP contribution is -2.01. The second-order valence-corrected chi connectivity index (χ2v) is 3.28. The highest BCUT2D eigenvalue weighted by Crippen LogP contribution is 2.37. The minimum absolute atomic E-state index is 0.0925. The third-order valence-electron chi connectivity index (χ3n) is 2.58. The van der Waals surface area contributed by atoms with E-state index < -0.39 is 0 Å². The summed E-state index contributed by atoms with van der Waals surface area (Å²) in [6.45, 7) is 1.87. The van der Waals surface area contributed by atoms with Crippen LogP contribution in [0.5, 0.6) is 0 Å². The first kappa shape index (κ1) is 9.16. The highest BCUT2D eigenvalue weighted by Gasteiger charge is 2.33. The van der Waals surface area contributed by atoms with Gasteiger partial charge in [0.1, 0.15) is 6.10 Å². The first-order chi connectivity index (χ1) is 6.79. The monoisotopic (exact) mass is 188 g/mol.